The molecule has 1 saturated heterocycles. The predicted molar refractivity (Wildman–Crippen MR) is 87.3 cm³/mol. The zero-order valence-electron chi connectivity index (χ0n) is 9.89. The van der Waals surface area contributed by atoms with Crippen molar-refractivity contribution in [3.8, 4) is 18.1 Å². The molecule has 1 aliphatic rings. The monoisotopic (exact) mass is 419 g/mol. The van der Waals surface area contributed by atoms with Gasteiger partial charge in [-0.2, -0.15) is 0 Å². The Labute approximate surface area is 138 Å². The van der Waals surface area contributed by atoms with E-state index in [-0.39, 0.29) is 17.2 Å². The molecule has 0 spiro atoms. The second kappa shape index (κ2) is 6.08. The van der Waals surface area contributed by atoms with Gasteiger partial charge in [-0.05, 0) is 52.6 Å². The molecule has 0 aromatic heterocycles. The molecule has 0 unspecified atom stereocenters. The highest BCUT2D eigenvalue weighted by molar-refractivity contribution is 14.1. The molecular formula is C13H7ClINO3S. The van der Waals surface area contributed by atoms with E-state index in [0.29, 0.717) is 14.2 Å². The van der Waals surface area contributed by atoms with Crippen molar-refractivity contribution < 1.29 is 14.7 Å². The number of amides is 2. The Morgan fingerprint density at radius 1 is 1.50 bits per heavy atom. The van der Waals surface area contributed by atoms with Gasteiger partial charge in [0, 0.05) is 10.6 Å². The summed E-state index contributed by atoms with van der Waals surface area (Å²) in [7, 11) is 0. The molecule has 0 bridgehead atoms. The largest absolute Gasteiger partial charge is 0.506 e. The molecule has 20 heavy (non-hydrogen) atoms. The molecule has 0 saturated carbocycles. The zero-order chi connectivity index (χ0) is 14.9. The summed E-state index contributed by atoms with van der Waals surface area (Å²) in [5, 5.41) is 9.95. The van der Waals surface area contributed by atoms with Crippen molar-refractivity contribution >= 4 is 63.2 Å². The van der Waals surface area contributed by atoms with Crippen LogP contribution in [-0.2, 0) is 4.79 Å². The van der Waals surface area contributed by atoms with Crippen molar-refractivity contribution in [2.45, 2.75) is 0 Å². The summed E-state index contributed by atoms with van der Waals surface area (Å²) in [5.74, 6) is 1.80. The number of carbonyl (C=O) groups is 2. The molecular weight excluding hydrogens is 413 g/mol. The van der Waals surface area contributed by atoms with E-state index in [1.165, 1.54) is 12.1 Å². The minimum absolute atomic E-state index is 0.0127. The standard InChI is InChI=1S/C13H7ClINO3S/c1-2-3-16-12(18)10(20-13(16)19)5-7-4-8(14)6-9(15)11(7)17/h1,4-6,17H,3H2. The summed E-state index contributed by atoms with van der Waals surface area (Å²) in [6, 6.07) is 3.12. The number of rotatable bonds is 2. The van der Waals surface area contributed by atoms with Crippen LogP contribution in [0.15, 0.2) is 17.0 Å². The second-order valence-corrected chi connectivity index (χ2v) is 6.39. The maximum atomic E-state index is 12.0. The van der Waals surface area contributed by atoms with Crippen LogP contribution in [0, 0.1) is 15.9 Å². The number of aromatic hydroxyl groups is 1. The lowest BCUT2D eigenvalue weighted by atomic mass is 10.2. The van der Waals surface area contributed by atoms with Gasteiger partial charge in [-0.1, -0.05) is 17.5 Å². The molecule has 1 N–H and O–H groups in total. The average molecular weight is 420 g/mol. The van der Waals surface area contributed by atoms with Crippen LogP contribution in [0.1, 0.15) is 5.56 Å². The lowest BCUT2D eigenvalue weighted by molar-refractivity contribution is -0.122. The number of nitrogens with zero attached hydrogens (tertiary/aromatic N) is 1. The van der Waals surface area contributed by atoms with E-state index < -0.39 is 11.1 Å². The van der Waals surface area contributed by atoms with Crippen LogP contribution >= 0.6 is 46.0 Å². The fraction of sp³-hybridized carbons (Fsp3) is 0.0769. The summed E-state index contributed by atoms with van der Waals surface area (Å²) in [5.41, 5.74) is 0.383. The molecule has 0 atom stereocenters. The van der Waals surface area contributed by atoms with E-state index in [9.17, 15) is 14.7 Å². The molecule has 1 fully saturated rings. The van der Waals surface area contributed by atoms with E-state index in [1.54, 1.807) is 6.07 Å². The van der Waals surface area contributed by atoms with Crippen LogP contribution in [0.25, 0.3) is 6.08 Å². The first-order valence-electron chi connectivity index (χ1n) is 5.31. The van der Waals surface area contributed by atoms with Crippen molar-refractivity contribution in [1.82, 2.24) is 4.90 Å². The highest BCUT2D eigenvalue weighted by Gasteiger charge is 2.34. The van der Waals surface area contributed by atoms with Crippen LogP contribution in [0.3, 0.4) is 0 Å². The molecule has 1 aromatic rings. The first-order chi connectivity index (χ1) is 9.43. The summed E-state index contributed by atoms with van der Waals surface area (Å²) >= 11 is 8.62. The Morgan fingerprint density at radius 3 is 2.85 bits per heavy atom. The molecule has 2 amide bonds. The van der Waals surface area contributed by atoms with Crippen molar-refractivity contribution in [1.29, 1.82) is 0 Å². The molecule has 4 nitrogen and oxygen atoms in total. The first kappa shape index (κ1) is 15.2. The Morgan fingerprint density at radius 2 is 2.20 bits per heavy atom. The molecule has 7 heteroatoms. The van der Waals surface area contributed by atoms with Gasteiger partial charge in [-0.3, -0.25) is 14.5 Å². The van der Waals surface area contributed by atoms with Gasteiger partial charge in [0.05, 0.1) is 15.0 Å². The van der Waals surface area contributed by atoms with Crippen molar-refractivity contribution in [3.05, 3.63) is 31.2 Å². The lowest BCUT2D eigenvalue weighted by Gasteiger charge is -2.07. The molecule has 1 aliphatic heterocycles. The van der Waals surface area contributed by atoms with Gasteiger partial charge in [0.1, 0.15) is 5.75 Å². The van der Waals surface area contributed by atoms with Crippen LogP contribution in [-0.4, -0.2) is 27.7 Å². The SMILES string of the molecule is C#CCN1C(=O)SC(=Cc2cc(Cl)cc(I)c2O)C1=O. The smallest absolute Gasteiger partial charge is 0.294 e. The van der Waals surface area contributed by atoms with Gasteiger partial charge in [0.15, 0.2) is 0 Å². The topological polar surface area (TPSA) is 57.6 Å². The summed E-state index contributed by atoms with van der Waals surface area (Å²) in [4.78, 5) is 24.8. The maximum absolute atomic E-state index is 12.0. The number of hydrogen-bond donors (Lipinski definition) is 1. The van der Waals surface area contributed by atoms with Crippen LogP contribution in [0.5, 0.6) is 5.75 Å². The number of imide groups is 1. The van der Waals surface area contributed by atoms with Gasteiger partial charge >= 0.3 is 0 Å². The lowest BCUT2D eigenvalue weighted by Crippen LogP contribution is -2.28. The minimum Gasteiger partial charge on any atom is -0.506 e. The number of phenolic OH excluding ortho intramolecular Hbond substituents is 1. The number of phenols is 1. The van der Waals surface area contributed by atoms with Crippen LogP contribution < -0.4 is 0 Å². The number of benzene rings is 1. The quantitative estimate of drug-likeness (QED) is 0.454. The molecule has 1 aromatic carbocycles. The first-order valence-corrected chi connectivity index (χ1v) is 7.58. The highest BCUT2D eigenvalue weighted by atomic mass is 127. The number of carbonyl (C=O) groups excluding carboxylic acids is 2. The summed E-state index contributed by atoms with van der Waals surface area (Å²) in [6.07, 6.45) is 6.55. The Kier molecular flexibility index (Phi) is 4.62. The number of halogens is 2. The van der Waals surface area contributed by atoms with E-state index >= 15 is 0 Å². The van der Waals surface area contributed by atoms with Crippen LogP contribution in [0.2, 0.25) is 5.02 Å². The van der Waals surface area contributed by atoms with Gasteiger partial charge in [0.2, 0.25) is 0 Å². The third-order valence-electron chi connectivity index (χ3n) is 2.47. The third-order valence-corrected chi connectivity index (χ3v) is 4.42. The predicted octanol–water partition coefficient (Wildman–Crippen LogP) is 3.32. The molecule has 1 heterocycles. The Hall–Kier alpha value is -1.17. The second-order valence-electron chi connectivity index (χ2n) is 3.80. The van der Waals surface area contributed by atoms with Crippen molar-refractivity contribution in [2.24, 2.45) is 0 Å². The van der Waals surface area contributed by atoms with E-state index in [4.69, 9.17) is 18.0 Å². The fourth-order valence-electron chi connectivity index (χ4n) is 1.56. The molecule has 2 rings (SSSR count). The minimum atomic E-state index is -0.465. The fourth-order valence-corrected chi connectivity index (χ4v) is 3.45. The Balaban J connectivity index is 2.41. The van der Waals surface area contributed by atoms with E-state index in [1.807, 2.05) is 22.6 Å². The number of thioether (sulfide) groups is 1. The van der Waals surface area contributed by atoms with Gasteiger partial charge < -0.3 is 5.11 Å². The molecule has 0 radical (unpaired) electrons. The average Bonchev–Trinajstić information content (AvgIpc) is 2.63. The van der Waals surface area contributed by atoms with Crippen molar-refractivity contribution in [2.75, 3.05) is 6.54 Å². The highest BCUT2D eigenvalue weighted by Crippen LogP contribution is 2.35. The van der Waals surface area contributed by atoms with E-state index in [0.717, 1.165) is 16.7 Å². The normalized spacial score (nSPS) is 16.9. The molecule has 0 aliphatic carbocycles. The summed E-state index contributed by atoms with van der Waals surface area (Å²) in [6.45, 7) is -0.0684. The Bertz CT molecular complexity index is 681. The van der Waals surface area contributed by atoms with Gasteiger partial charge in [0.25, 0.3) is 11.1 Å². The van der Waals surface area contributed by atoms with Crippen LogP contribution in [0.4, 0.5) is 4.79 Å². The molecule has 102 valence electrons. The third kappa shape index (κ3) is 2.95. The van der Waals surface area contributed by atoms with E-state index in [2.05, 4.69) is 5.92 Å². The van der Waals surface area contributed by atoms with Gasteiger partial charge in [-0.25, -0.2) is 0 Å². The van der Waals surface area contributed by atoms with Crippen molar-refractivity contribution in [3.63, 3.8) is 0 Å². The number of terminal acetylenes is 1. The maximum Gasteiger partial charge on any atom is 0.294 e. The summed E-state index contributed by atoms with van der Waals surface area (Å²) < 4.78 is 0.559. The number of hydrogen-bond acceptors (Lipinski definition) is 4. The zero-order valence-corrected chi connectivity index (χ0v) is 13.6. The van der Waals surface area contributed by atoms with Gasteiger partial charge in [-0.15, -0.1) is 6.42 Å².